The Morgan fingerprint density at radius 2 is 2.17 bits per heavy atom. The van der Waals surface area contributed by atoms with Crippen LogP contribution >= 0.6 is 0 Å². The highest BCUT2D eigenvalue weighted by Gasteiger charge is 2.44. The van der Waals surface area contributed by atoms with Crippen LogP contribution in [0.4, 0.5) is 11.4 Å². The lowest BCUT2D eigenvalue weighted by Gasteiger charge is -2.14. The number of hydrogen-bond acceptors (Lipinski definition) is 4. The molecule has 6 nitrogen and oxygen atoms in total. The van der Waals surface area contributed by atoms with E-state index in [2.05, 4.69) is 5.16 Å². The molecule has 0 unspecified atom stereocenters. The molecule has 1 aliphatic rings. The molecule has 0 aromatic heterocycles. The van der Waals surface area contributed by atoms with Gasteiger partial charge in [0.2, 0.25) is 11.4 Å². The van der Waals surface area contributed by atoms with Gasteiger partial charge in [-0.05, 0) is 13.8 Å². The molecule has 1 aromatic rings. The summed E-state index contributed by atoms with van der Waals surface area (Å²) in [7, 11) is 1.84. The standard InChI is InChI=1S/C12H13N3O3/c1-12(2)9-6-8(15(17)18)4-5-10(9)14(3)11(12)7-13-16/h4-7H,1-3H3/p+1. The van der Waals surface area contributed by atoms with Crippen LogP contribution in [0.2, 0.25) is 0 Å². The molecular weight excluding hydrogens is 234 g/mol. The molecule has 0 amide bonds. The summed E-state index contributed by atoms with van der Waals surface area (Å²) >= 11 is 0. The van der Waals surface area contributed by atoms with Gasteiger partial charge >= 0.3 is 0 Å². The first-order valence-corrected chi connectivity index (χ1v) is 5.47. The fourth-order valence-electron chi connectivity index (χ4n) is 2.42. The molecule has 1 N–H and O–H groups in total. The number of rotatable bonds is 2. The van der Waals surface area contributed by atoms with Crippen molar-refractivity contribution in [3.05, 3.63) is 33.9 Å². The number of nitrogens with zero attached hydrogens (tertiary/aromatic N) is 3. The number of oxime groups is 1. The van der Waals surface area contributed by atoms with Crippen LogP contribution in [-0.4, -0.2) is 33.7 Å². The van der Waals surface area contributed by atoms with Gasteiger partial charge in [-0.15, -0.1) is 0 Å². The third-order valence-electron chi connectivity index (χ3n) is 3.41. The molecule has 0 saturated carbocycles. The molecule has 0 aliphatic carbocycles. The Hall–Kier alpha value is -2.24. The van der Waals surface area contributed by atoms with E-state index in [0.717, 1.165) is 17.0 Å². The summed E-state index contributed by atoms with van der Waals surface area (Å²) in [5, 5.41) is 22.6. The number of nitro benzene ring substituents is 1. The van der Waals surface area contributed by atoms with Crippen LogP contribution in [0.15, 0.2) is 23.4 Å². The lowest BCUT2D eigenvalue weighted by atomic mass is 9.82. The molecule has 0 saturated heterocycles. The van der Waals surface area contributed by atoms with Crippen LogP contribution in [0, 0.1) is 10.1 Å². The van der Waals surface area contributed by atoms with Gasteiger partial charge in [-0.3, -0.25) is 10.1 Å². The minimum absolute atomic E-state index is 0.0670. The monoisotopic (exact) mass is 248 g/mol. The van der Waals surface area contributed by atoms with Crippen LogP contribution < -0.4 is 0 Å². The molecule has 0 bridgehead atoms. The zero-order valence-electron chi connectivity index (χ0n) is 10.4. The largest absolute Gasteiger partial charge is 0.411 e. The number of benzene rings is 1. The SMILES string of the molecule is C[N+]1=C(C=NO)C(C)(C)c2cc([N+](=O)[O-])ccc21. The van der Waals surface area contributed by atoms with Crippen LogP contribution in [0.3, 0.4) is 0 Å². The first-order chi connectivity index (χ1) is 8.39. The van der Waals surface area contributed by atoms with E-state index in [1.165, 1.54) is 12.3 Å². The number of fused-ring (bicyclic) bond motifs is 1. The van der Waals surface area contributed by atoms with E-state index in [0.29, 0.717) is 0 Å². The number of nitro groups is 1. The zero-order valence-corrected chi connectivity index (χ0v) is 10.4. The van der Waals surface area contributed by atoms with E-state index in [1.54, 1.807) is 12.1 Å². The molecule has 18 heavy (non-hydrogen) atoms. The van der Waals surface area contributed by atoms with Crippen LogP contribution in [0.5, 0.6) is 0 Å². The van der Waals surface area contributed by atoms with Crippen LogP contribution in [0.25, 0.3) is 0 Å². The van der Waals surface area contributed by atoms with Crippen LogP contribution in [-0.2, 0) is 5.41 Å². The quantitative estimate of drug-likeness (QED) is 0.286. The normalized spacial score (nSPS) is 17.3. The maximum atomic E-state index is 10.8. The van der Waals surface area contributed by atoms with Gasteiger partial charge in [-0.1, -0.05) is 5.16 Å². The number of hydrogen-bond donors (Lipinski definition) is 1. The topological polar surface area (TPSA) is 78.7 Å². The fourth-order valence-corrected chi connectivity index (χ4v) is 2.42. The Kier molecular flexibility index (Phi) is 2.65. The van der Waals surface area contributed by atoms with Crippen LogP contribution in [0.1, 0.15) is 19.4 Å². The summed E-state index contributed by atoms with van der Waals surface area (Å²) in [6.45, 7) is 3.88. The molecular formula is C12H14N3O3+. The van der Waals surface area contributed by atoms with E-state index in [-0.39, 0.29) is 5.69 Å². The highest BCUT2D eigenvalue weighted by molar-refractivity contribution is 6.33. The minimum atomic E-state index is -0.428. The van der Waals surface area contributed by atoms with Gasteiger partial charge < -0.3 is 5.21 Å². The van der Waals surface area contributed by atoms with Crippen molar-refractivity contribution in [2.75, 3.05) is 7.05 Å². The molecule has 0 atom stereocenters. The van der Waals surface area contributed by atoms with Gasteiger partial charge in [0, 0.05) is 23.8 Å². The van der Waals surface area contributed by atoms with Gasteiger partial charge in [-0.2, -0.15) is 4.58 Å². The molecule has 0 spiro atoms. The van der Waals surface area contributed by atoms with Crippen molar-refractivity contribution in [3.63, 3.8) is 0 Å². The van der Waals surface area contributed by atoms with Crippen molar-refractivity contribution in [1.82, 2.24) is 0 Å². The lowest BCUT2D eigenvalue weighted by Crippen LogP contribution is -2.29. The summed E-state index contributed by atoms with van der Waals surface area (Å²) in [5.74, 6) is 0. The van der Waals surface area contributed by atoms with Gasteiger partial charge in [0.1, 0.15) is 13.3 Å². The molecule has 2 rings (SSSR count). The van der Waals surface area contributed by atoms with E-state index in [4.69, 9.17) is 5.21 Å². The second kappa shape index (κ2) is 3.90. The lowest BCUT2D eigenvalue weighted by molar-refractivity contribution is -0.401. The van der Waals surface area contributed by atoms with E-state index < -0.39 is 10.3 Å². The Morgan fingerprint density at radius 1 is 1.50 bits per heavy atom. The van der Waals surface area contributed by atoms with E-state index >= 15 is 0 Å². The third-order valence-corrected chi connectivity index (χ3v) is 3.41. The van der Waals surface area contributed by atoms with Gasteiger partial charge in [0.05, 0.1) is 10.3 Å². The Bertz CT molecular complexity index is 588. The van der Waals surface area contributed by atoms with E-state index in [1.807, 2.05) is 25.5 Å². The third kappa shape index (κ3) is 1.57. The molecule has 6 heteroatoms. The van der Waals surface area contributed by atoms with Gasteiger partial charge in [0.15, 0.2) is 0 Å². The first-order valence-electron chi connectivity index (χ1n) is 5.47. The first kappa shape index (κ1) is 12.2. The highest BCUT2D eigenvalue weighted by atomic mass is 16.6. The smallest absolute Gasteiger partial charge is 0.270 e. The van der Waals surface area contributed by atoms with Crippen molar-refractivity contribution in [1.29, 1.82) is 0 Å². The van der Waals surface area contributed by atoms with Crippen molar-refractivity contribution in [2.45, 2.75) is 19.3 Å². The summed E-state index contributed by atoms with van der Waals surface area (Å²) in [5.41, 5.74) is 2.18. The maximum Gasteiger partial charge on any atom is 0.270 e. The summed E-state index contributed by atoms with van der Waals surface area (Å²) in [6, 6.07) is 4.77. The minimum Gasteiger partial charge on any atom is -0.411 e. The Labute approximate surface area is 104 Å². The molecule has 94 valence electrons. The predicted molar refractivity (Wildman–Crippen MR) is 67.3 cm³/mol. The fraction of sp³-hybridized carbons (Fsp3) is 0.333. The Morgan fingerprint density at radius 3 is 2.72 bits per heavy atom. The van der Waals surface area contributed by atoms with Crippen molar-refractivity contribution in [2.24, 2.45) is 5.16 Å². The van der Waals surface area contributed by atoms with E-state index in [9.17, 15) is 10.1 Å². The average Bonchev–Trinajstić information content (AvgIpc) is 2.51. The predicted octanol–water partition coefficient (Wildman–Crippen LogP) is 2.06. The van der Waals surface area contributed by atoms with Crippen molar-refractivity contribution >= 4 is 23.3 Å². The molecule has 1 aliphatic heterocycles. The van der Waals surface area contributed by atoms with Crippen molar-refractivity contribution in [3.8, 4) is 0 Å². The zero-order chi connectivity index (χ0) is 13.5. The summed E-state index contributed by atoms with van der Waals surface area (Å²) < 4.78 is 1.87. The molecule has 1 aromatic carbocycles. The molecule has 0 fully saturated rings. The second-order valence-electron chi connectivity index (χ2n) is 4.77. The second-order valence-corrected chi connectivity index (χ2v) is 4.77. The van der Waals surface area contributed by atoms with Gasteiger partial charge in [0.25, 0.3) is 5.69 Å². The summed E-state index contributed by atoms with van der Waals surface area (Å²) in [6.07, 6.45) is 1.37. The number of non-ortho nitro benzene ring substituents is 1. The maximum absolute atomic E-state index is 10.8. The molecule has 0 radical (unpaired) electrons. The van der Waals surface area contributed by atoms with Gasteiger partial charge in [-0.25, -0.2) is 0 Å². The summed E-state index contributed by atoms with van der Waals surface area (Å²) in [4.78, 5) is 10.4. The molecule has 1 heterocycles. The average molecular weight is 248 g/mol. The Balaban J connectivity index is 2.66. The van der Waals surface area contributed by atoms with Crippen molar-refractivity contribution < 1.29 is 14.7 Å². The highest BCUT2D eigenvalue weighted by Crippen LogP contribution is 2.40.